The van der Waals surface area contributed by atoms with Crippen molar-refractivity contribution < 1.29 is 18.8 Å². The van der Waals surface area contributed by atoms with Crippen molar-refractivity contribution in [2.45, 2.75) is 38.5 Å². The van der Waals surface area contributed by atoms with E-state index < -0.39 is 8.25 Å². The zero-order valence-electron chi connectivity index (χ0n) is 11.9. The maximum Gasteiger partial charge on any atom is 0.317 e. The molecule has 0 aliphatic carbocycles. The summed E-state index contributed by atoms with van der Waals surface area (Å²) >= 11 is 0. The highest BCUT2D eigenvalue weighted by molar-refractivity contribution is 7.32. The van der Waals surface area contributed by atoms with Gasteiger partial charge in [0.05, 0.1) is 0 Å². The predicted molar refractivity (Wildman–Crippen MR) is 80.8 cm³/mol. The Bertz CT molecular complexity index is 522. The van der Waals surface area contributed by atoms with E-state index >= 15 is 0 Å². The van der Waals surface area contributed by atoms with E-state index in [1.54, 1.807) is 0 Å². The zero-order chi connectivity index (χ0) is 15.1. The van der Waals surface area contributed by atoms with Gasteiger partial charge >= 0.3 is 8.25 Å². The molecule has 2 rings (SSSR count). The third-order valence-electron chi connectivity index (χ3n) is 3.45. The summed E-state index contributed by atoms with van der Waals surface area (Å²) in [5.41, 5.74) is 2.31. The Labute approximate surface area is 124 Å². The number of Topliss-reactive ketones (excluding diaryl/α,β-unsaturated/α-hetero) is 1. The second kappa shape index (κ2) is 8.27. The van der Waals surface area contributed by atoms with Gasteiger partial charge in [-0.3, -0.25) is 9.36 Å². The van der Waals surface area contributed by atoms with Gasteiger partial charge in [0, 0.05) is 18.7 Å². The molecule has 0 bridgehead atoms. The van der Waals surface area contributed by atoms with E-state index in [4.69, 9.17) is 4.89 Å². The Kier molecular flexibility index (Phi) is 6.36. The molecule has 0 saturated carbocycles. The number of fused-ring (bicyclic) bond motifs is 1. The van der Waals surface area contributed by atoms with Crippen LogP contribution < -0.4 is 5.32 Å². The van der Waals surface area contributed by atoms with Crippen LogP contribution in [-0.2, 0) is 26.7 Å². The summed E-state index contributed by atoms with van der Waals surface area (Å²) in [5, 5.41) is 3.31. The van der Waals surface area contributed by atoms with Crippen LogP contribution in [0.1, 0.15) is 36.9 Å². The second-order valence-corrected chi connectivity index (χ2v) is 5.96. The lowest BCUT2D eigenvalue weighted by Crippen LogP contribution is -2.14. The van der Waals surface area contributed by atoms with Crippen molar-refractivity contribution in [2.75, 3.05) is 18.5 Å². The van der Waals surface area contributed by atoms with E-state index in [0.717, 1.165) is 50.2 Å². The predicted octanol–water partition coefficient (Wildman–Crippen LogP) is 2.12. The number of hydrogen-bond acceptors (Lipinski definition) is 5. The first-order chi connectivity index (χ1) is 10.1. The van der Waals surface area contributed by atoms with Gasteiger partial charge in [-0.15, -0.1) is 0 Å². The first-order valence-corrected chi connectivity index (χ1v) is 8.51. The maximum absolute atomic E-state index is 11.4. The maximum atomic E-state index is 11.4. The lowest BCUT2D eigenvalue weighted by atomic mass is 10.1. The highest BCUT2D eigenvalue weighted by Crippen LogP contribution is 2.20. The number of carbonyl (C=O) groups is 1. The van der Waals surface area contributed by atoms with Crippen LogP contribution in [0.5, 0.6) is 0 Å². The third-order valence-corrected chi connectivity index (χ3v) is 3.84. The standard InChI is InChI=1S/C14H21N2O4P/c17-13(10-20-21(18)19)6-2-1-5-12-8-7-11-4-3-9-15-14(11)16-12/h7-8,21H,1-6,9-10H2,(H,15,16)(H,18,19). The van der Waals surface area contributed by atoms with Crippen LogP contribution in [0.2, 0.25) is 0 Å². The molecular formula is C14H21N2O4P. The molecule has 0 spiro atoms. The van der Waals surface area contributed by atoms with E-state index in [2.05, 4.69) is 27.0 Å². The molecule has 0 fully saturated rings. The monoisotopic (exact) mass is 312 g/mol. The van der Waals surface area contributed by atoms with Crippen LogP contribution in [0.3, 0.4) is 0 Å². The van der Waals surface area contributed by atoms with Gasteiger partial charge in [0.15, 0.2) is 5.78 Å². The minimum absolute atomic E-state index is 0.137. The van der Waals surface area contributed by atoms with Gasteiger partial charge in [0.1, 0.15) is 12.4 Å². The van der Waals surface area contributed by atoms with Crippen LogP contribution >= 0.6 is 8.25 Å². The summed E-state index contributed by atoms with van der Waals surface area (Å²) in [5.74, 6) is 0.860. The van der Waals surface area contributed by atoms with Gasteiger partial charge in [0.2, 0.25) is 0 Å². The molecule has 21 heavy (non-hydrogen) atoms. The van der Waals surface area contributed by atoms with Crippen molar-refractivity contribution in [3.05, 3.63) is 23.4 Å². The van der Waals surface area contributed by atoms with Crippen molar-refractivity contribution in [3.8, 4) is 0 Å². The van der Waals surface area contributed by atoms with Gasteiger partial charge in [-0.1, -0.05) is 6.07 Å². The Morgan fingerprint density at radius 1 is 1.43 bits per heavy atom. The number of anilines is 1. The van der Waals surface area contributed by atoms with Gasteiger partial charge in [-0.05, 0) is 43.7 Å². The zero-order valence-corrected chi connectivity index (χ0v) is 12.9. The third kappa shape index (κ3) is 5.58. The lowest BCUT2D eigenvalue weighted by molar-refractivity contribution is -0.121. The molecule has 2 heterocycles. The van der Waals surface area contributed by atoms with Crippen molar-refractivity contribution in [1.29, 1.82) is 0 Å². The number of ketones is 1. The summed E-state index contributed by atoms with van der Waals surface area (Å²) in [4.78, 5) is 24.4. The Hall–Kier alpha value is -1.23. The molecular weight excluding hydrogens is 291 g/mol. The fraction of sp³-hybridized carbons (Fsp3) is 0.571. The molecule has 1 aromatic heterocycles. The summed E-state index contributed by atoms with van der Waals surface area (Å²) in [7, 11) is -3.00. The highest BCUT2D eigenvalue weighted by atomic mass is 31.1. The second-order valence-electron chi connectivity index (χ2n) is 5.14. The van der Waals surface area contributed by atoms with Gasteiger partial charge < -0.3 is 14.7 Å². The Balaban J connectivity index is 1.69. The van der Waals surface area contributed by atoms with E-state index in [0.29, 0.717) is 6.42 Å². The van der Waals surface area contributed by atoms with E-state index in [-0.39, 0.29) is 12.4 Å². The number of rotatable bonds is 8. The van der Waals surface area contributed by atoms with E-state index in [1.165, 1.54) is 5.56 Å². The van der Waals surface area contributed by atoms with Crippen LogP contribution in [0.4, 0.5) is 5.82 Å². The topological polar surface area (TPSA) is 88.5 Å². The molecule has 0 amide bonds. The first kappa shape index (κ1) is 16.1. The Morgan fingerprint density at radius 3 is 3.10 bits per heavy atom. The van der Waals surface area contributed by atoms with Crippen LogP contribution in [0.15, 0.2) is 12.1 Å². The van der Waals surface area contributed by atoms with Crippen LogP contribution in [-0.4, -0.2) is 28.8 Å². The number of nitrogens with one attached hydrogen (secondary N) is 1. The van der Waals surface area contributed by atoms with Gasteiger partial charge in [0.25, 0.3) is 0 Å². The molecule has 1 aromatic rings. The van der Waals surface area contributed by atoms with Crippen molar-refractivity contribution >= 4 is 19.9 Å². The lowest BCUT2D eigenvalue weighted by Gasteiger charge is -2.17. The Morgan fingerprint density at radius 2 is 2.29 bits per heavy atom. The molecule has 1 aliphatic rings. The number of aromatic nitrogens is 1. The fourth-order valence-electron chi connectivity index (χ4n) is 2.35. The SMILES string of the molecule is O=C(CCCCc1ccc2c(n1)NCCC2)CO[PH](=O)O. The van der Waals surface area contributed by atoms with Crippen molar-refractivity contribution in [3.63, 3.8) is 0 Å². The molecule has 0 saturated heterocycles. The van der Waals surface area contributed by atoms with E-state index in [1.807, 2.05) is 0 Å². The molecule has 1 atom stereocenters. The van der Waals surface area contributed by atoms with Crippen molar-refractivity contribution in [2.24, 2.45) is 0 Å². The molecule has 0 radical (unpaired) electrons. The quantitative estimate of drug-likeness (QED) is 0.564. The smallest absolute Gasteiger partial charge is 0.317 e. The van der Waals surface area contributed by atoms with E-state index in [9.17, 15) is 9.36 Å². The number of hydrogen-bond donors (Lipinski definition) is 2. The average molecular weight is 312 g/mol. The fourth-order valence-corrected chi connectivity index (χ4v) is 2.64. The first-order valence-electron chi connectivity index (χ1n) is 7.25. The number of nitrogens with zero attached hydrogens (tertiary/aromatic N) is 1. The molecule has 2 N–H and O–H groups in total. The summed E-state index contributed by atoms with van der Waals surface area (Å²) < 4.78 is 14.7. The van der Waals surface area contributed by atoms with Gasteiger partial charge in [-0.25, -0.2) is 4.98 Å². The molecule has 1 unspecified atom stereocenters. The normalized spacial score (nSPS) is 15.1. The number of unbranched alkanes of at least 4 members (excludes halogenated alkanes) is 1. The molecule has 7 heteroatoms. The van der Waals surface area contributed by atoms with Crippen LogP contribution in [0.25, 0.3) is 0 Å². The van der Waals surface area contributed by atoms with Crippen LogP contribution in [0, 0.1) is 0 Å². The largest absolute Gasteiger partial charge is 0.370 e. The average Bonchev–Trinajstić information content (AvgIpc) is 2.49. The number of aryl methyl sites for hydroxylation is 2. The molecule has 6 nitrogen and oxygen atoms in total. The molecule has 0 aromatic carbocycles. The summed E-state index contributed by atoms with van der Waals surface area (Å²) in [6.45, 7) is 0.710. The van der Waals surface area contributed by atoms with Crippen molar-refractivity contribution in [1.82, 2.24) is 4.98 Å². The minimum atomic E-state index is -3.00. The number of carbonyl (C=O) groups excluding carboxylic acids is 1. The molecule has 116 valence electrons. The summed E-state index contributed by atoms with van der Waals surface area (Å²) in [6, 6.07) is 4.18. The summed E-state index contributed by atoms with van der Waals surface area (Å²) in [6.07, 6.45) is 5.04. The minimum Gasteiger partial charge on any atom is -0.370 e. The van der Waals surface area contributed by atoms with Gasteiger partial charge in [-0.2, -0.15) is 0 Å². The number of pyridine rings is 1. The highest BCUT2D eigenvalue weighted by Gasteiger charge is 2.10. The molecule has 1 aliphatic heterocycles.